The number of aliphatic carboxylic acids is 1. The van der Waals surface area contributed by atoms with Crippen molar-refractivity contribution in [2.75, 3.05) is 26.3 Å². The largest absolute Gasteiger partial charge is 0.481 e. The summed E-state index contributed by atoms with van der Waals surface area (Å²) in [5, 5.41) is 12.2. The second-order valence-corrected chi connectivity index (χ2v) is 6.21. The first-order valence-electron chi connectivity index (χ1n) is 7.32. The Bertz CT molecular complexity index is 381. The molecule has 20 heavy (non-hydrogen) atoms. The fourth-order valence-electron chi connectivity index (χ4n) is 2.53. The SMILES string of the molecule is CCCN(C(=O)NCC1(C)CC1)C1COCC1C(=O)O. The van der Waals surface area contributed by atoms with E-state index in [0.29, 0.717) is 19.7 Å². The average Bonchev–Trinajstić information content (AvgIpc) is 2.95. The molecule has 114 valence electrons. The molecule has 0 aromatic heterocycles. The van der Waals surface area contributed by atoms with Crippen LogP contribution in [0.4, 0.5) is 4.79 Å². The Hall–Kier alpha value is -1.30. The fraction of sp³-hybridized carbons (Fsp3) is 0.857. The molecular formula is C14H24N2O4. The lowest BCUT2D eigenvalue weighted by Crippen LogP contribution is -2.51. The smallest absolute Gasteiger partial charge is 0.317 e. The van der Waals surface area contributed by atoms with E-state index in [1.165, 1.54) is 0 Å². The van der Waals surface area contributed by atoms with Crippen LogP contribution in [-0.4, -0.2) is 54.4 Å². The van der Waals surface area contributed by atoms with Crippen LogP contribution < -0.4 is 5.32 Å². The normalized spacial score (nSPS) is 27.1. The van der Waals surface area contributed by atoms with Crippen molar-refractivity contribution in [3.63, 3.8) is 0 Å². The van der Waals surface area contributed by atoms with Crippen molar-refractivity contribution < 1.29 is 19.4 Å². The lowest BCUT2D eigenvalue weighted by molar-refractivity contribution is -0.142. The van der Waals surface area contributed by atoms with E-state index in [0.717, 1.165) is 19.3 Å². The summed E-state index contributed by atoms with van der Waals surface area (Å²) >= 11 is 0. The van der Waals surface area contributed by atoms with Crippen LogP contribution in [0.1, 0.15) is 33.1 Å². The molecule has 6 nitrogen and oxygen atoms in total. The first-order valence-corrected chi connectivity index (χ1v) is 7.32. The van der Waals surface area contributed by atoms with Gasteiger partial charge >= 0.3 is 12.0 Å². The highest BCUT2D eigenvalue weighted by atomic mass is 16.5. The summed E-state index contributed by atoms with van der Waals surface area (Å²) in [5.74, 6) is -1.51. The Morgan fingerprint density at radius 2 is 2.10 bits per heavy atom. The van der Waals surface area contributed by atoms with Gasteiger partial charge in [0, 0.05) is 13.1 Å². The molecule has 0 aromatic rings. The van der Waals surface area contributed by atoms with Crippen molar-refractivity contribution in [3.05, 3.63) is 0 Å². The van der Waals surface area contributed by atoms with Crippen LogP contribution in [0.2, 0.25) is 0 Å². The van der Waals surface area contributed by atoms with E-state index in [2.05, 4.69) is 12.2 Å². The Morgan fingerprint density at radius 1 is 1.40 bits per heavy atom. The molecule has 6 heteroatoms. The molecule has 0 radical (unpaired) electrons. The molecule has 1 saturated carbocycles. The van der Waals surface area contributed by atoms with Gasteiger partial charge in [-0.1, -0.05) is 13.8 Å². The minimum Gasteiger partial charge on any atom is -0.481 e. The van der Waals surface area contributed by atoms with E-state index in [1.54, 1.807) is 4.90 Å². The van der Waals surface area contributed by atoms with Gasteiger partial charge in [0.2, 0.25) is 0 Å². The van der Waals surface area contributed by atoms with Gasteiger partial charge in [0.25, 0.3) is 0 Å². The summed E-state index contributed by atoms with van der Waals surface area (Å²) in [6, 6.07) is -0.527. The van der Waals surface area contributed by atoms with Crippen molar-refractivity contribution in [3.8, 4) is 0 Å². The van der Waals surface area contributed by atoms with Crippen LogP contribution in [0.5, 0.6) is 0 Å². The average molecular weight is 284 g/mol. The van der Waals surface area contributed by atoms with Gasteiger partial charge in [-0.2, -0.15) is 0 Å². The quantitative estimate of drug-likeness (QED) is 0.770. The van der Waals surface area contributed by atoms with Crippen LogP contribution in [0, 0.1) is 11.3 Å². The minimum absolute atomic E-state index is 0.165. The van der Waals surface area contributed by atoms with E-state index in [-0.39, 0.29) is 24.1 Å². The summed E-state index contributed by atoms with van der Waals surface area (Å²) in [5.41, 5.74) is 0.242. The minimum atomic E-state index is -0.893. The standard InChI is InChI=1S/C14H24N2O4/c1-3-6-16(11-8-20-7-10(11)12(17)18)13(19)15-9-14(2)4-5-14/h10-11H,3-9H2,1-2H3,(H,15,19)(H,17,18). The number of urea groups is 1. The zero-order chi connectivity index (χ0) is 14.8. The van der Waals surface area contributed by atoms with Gasteiger partial charge in [-0.3, -0.25) is 4.79 Å². The van der Waals surface area contributed by atoms with Crippen molar-refractivity contribution in [2.24, 2.45) is 11.3 Å². The number of nitrogens with zero attached hydrogens (tertiary/aromatic N) is 1. The number of carbonyl (C=O) groups is 2. The maximum absolute atomic E-state index is 12.3. The zero-order valence-electron chi connectivity index (χ0n) is 12.2. The van der Waals surface area contributed by atoms with Crippen LogP contribution in [0.25, 0.3) is 0 Å². The third kappa shape index (κ3) is 3.42. The number of ether oxygens (including phenoxy) is 1. The Balaban J connectivity index is 1.97. The van der Waals surface area contributed by atoms with E-state index in [4.69, 9.17) is 4.74 Å². The molecule has 2 fully saturated rings. The van der Waals surface area contributed by atoms with E-state index in [1.807, 2.05) is 6.92 Å². The lowest BCUT2D eigenvalue weighted by Gasteiger charge is -2.30. The van der Waals surface area contributed by atoms with Gasteiger partial charge in [-0.05, 0) is 24.7 Å². The number of amides is 2. The molecule has 2 atom stereocenters. The van der Waals surface area contributed by atoms with Crippen LogP contribution in [-0.2, 0) is 9.53 Å². The molecule has 2 N–H and O–H groups in total. The number of nitrogens with one attached hydrogen (secondary N) is 1. The van der Waals surface area contributed by atoms with Crippen molar-refractivity contribution in [1.29, 1.82) is 0 Å². The van der Waals surface area contributed by atoms with Gasteiger partial charge in [0.1, 0.15) is 5.92 Å². The summed E-state index contributed by atoms with van der Waals surface area (Å²) < 4.78 is 5.26. The Morgan fingerprint density at radius 3 is 2.65 bits per heavy atom. The van der Waals surface area contributed by atoms with Gasteiger partial charge in [-0.25, -0.2) is 4.79 Å². The fourth-order valence-corrected chi connectivity index (χ4v) is 2.53. The summed E-state index contributed by atoms with van der Waals surface area (Å²) in [4.78, 5) is 25.2. The second kappa shape index (κ2) is 5.99. The third-order valence-corrected chi connectivity index (χ3v) is 4.26. The van der Waals surface area contributed by atoms with Gasteiger partial charge < -0.3 is 20.1 Å². The molecule has 1 saturated heterocycles. The summed E-state index contributed by atoms with van der Waals surface area (Å²) in [6.07, 6.45) is 3.09. The highest BCUT2D eigenvalue weighted by molar-refractivity contribution is 5.77. The molecule has 0 bridgehead atoms. The highest BCUT2D eigenvalue weighted by Crippen LogP contribution is 2.44. The number of hydrogen-bond donors (Lipinski definition) is 2. The van der Waals surface area contributed by atoms with E-state index < -0.39 is 11.9 Å². The van der Waals surface area contributed by atoms with E-state index in [9.17, 15) is 14.7 Å². The predicted molar refractivity (Wildman–Crippen MR) is 73.5 cm³/mol. The maximum Gasteiger partial charge on any atom is 0.317 e. The summed E-state index contributed by atoms with van der Waals surface area (Å²) in [6.45, 7) is 5.84. The zero-order valence-corrected chi connectivity index (χ0v) is 12.2. The molecule has 2 rings (SSSR count). The molecule has 2 amide bonds. The van der Waals surface area contributed by atoms with Crippen LogP contribution in [0.15, 0.2) is 0 Å². The van der Waals surface area contributed by atoms with Gasteiger partial charge in [-0.15, -0.1) is 0 Å². The van der Waals surface area contributed by atoms with Crippen molar-refractivity contribution in [1.82, 2.24) is 10.2 Å². The Kier molecular flexibility index (Phi) is 4.52. The van der Waals surface area contributed by atoms with Crippen molar-refractivity contribution in [2.45, 2.75) is 39.2 Å². The second-order valence-electron chi connectivity index (χ2n) is 6.21. The number of carboxylic acids is 1. The number of carbonyl (C=O) groups excluding carboxylic acids is 1. The van der Waals surface area contributed by atoms with Crippen LogP contribution in [0.3, 0.4) is 0 Å². The molecule has 0 spiro atoms. The van der Waals surface area contributed by atoms with E-state index >= 15 is 0 Å². The number of rotatable bonds is 6. The number of carboxylic acid groups (broad SMARTS) is 1. The Labute approximate surface area is 119 Å². The first kappa shape index (κ1) is 15.1. The number of hydrogen-bond acceptors (Lipinski definition) is 3. The predicted octanol–water partition coefficient (Wildman–Crippen LogP) is 1.31. The highest BCUT2D eigenvalue weighted by Gasteiger charge is 2.41. The molecular weight excluding hydrogens is 260 g/mol. The molecule has 2 aliphatic rings. The lowest BCUT2D eigenvalue weighted by atomic mass is 10.0. The monoisotopic (exact) mass is 284 g/mol. The summed E-state index contributed by atoms with van der Waals surface area (Å²) in [7, 11) is 0. The molecule has 0 aromatic carbocycles. The molecule has 1 aliphatic carbocycles. The van der Waals surface area contributed by atoms with Gasteiger partial charge in [0.05, 0.1) is 19.3 Å². The van der Waals surface area contributed by atoms with Crippen molar-refractivity contribution >= 4 is 12.0 Å². The maximum atomic E-state index is 12.3. The third-order valence-electron chi connectivity index (χ3n) is 4.26. The first-order chi connectivity index (χ1) is 9.47. The molecule has 2 unspecified atom stereocenters. The topological polar surface area (TPSA) is 78.9 Å². The molecule has 1 aliphatic heterocycles. The van der Waals surface area contributed by atoms with Gasteiger partial charge in [0.15, 0.2) is 0 Å². The molecule has 1 heterocycles. The van der Waals surface area contributed by atoms with Crippen LogP contribution >= 0.6 is 0 Å².